The maximum absolute atomic E-state index is 13.3. The molecule has 0 fully saturated rings. The van der Waals surface area contributed by atoms with Gasteiger partial charge in [-0.25, -0.2) is 13.2 Å². The molecule has 0 bridgehead atoms. The van der Waals surface area contributed by atoms with E-state index < -0.39 is 17.5 Å². The summed E-state index contributed by atoms with van der Waals surface area (Å²) in [7, 11) is 0. The van der Waals surface area contributed by atoms with E-state index >= 15 is 0 Å². The quantitative estimate of drug-likeness (QED) is 0.625. The van der Waals surface area contributed by atoms with Crippen LogP contribution in [0, 0.1) is 17.5 Å². The lowest BCUT2D eigenvalue weighted by Gasteiger charge is -2.07. The highest BCUT2D eigenvalue weighted by atomic mass is 19.2. The van der Waals surface area contributed by atoms with Crippen molar-refractivity contribution in [3.63, 3.8) is 0 Å². The summed E-state index contributed by atoms with van der Waals surface area (Å²) in [4.78, 5) is 10.4. The van der Waals surface area contributed by atoms with Crippen LogP contribution in [0.1, 0.15) is 15.9 Å². The highest BCUT2D eigenvalue weighted by molar-refractivity contribution is 5.74. The molecule has 0 aliphatic carbocycles. The molecule has 0 aliphatic rings. The lowest BCUT2D eigenvalue weighted by molar-refractivity contribution is 0.112. The van der Waals surface area contributed by atoms with Crippen molar-refractivity contribution in [1.82, 2.24) is 0 Å². The number of hydrogen-bond acceptors (Lipinski definition) is 2. The van der Waals surface area contributed by atoms with Crippen LogP contribution in [-0.4, -0.2) is 6.29 Å². The molecule has 0 saturated heterocycles. The summed E-state index contributed by atoms with van der Waals surface area (Å²) in [5.41, 5.74) is 0.393. The van der Waals surface area contributed by atoms with E-state index in [1.54, 1.807) is 0 Å². The fraction of sp³-hybridized carbons (Fsp3) is 0.0714. The van der Waals surface area contributed by atoms with Crippen molar-refractivity contribution in [3.8, 4) is 5.75 Å². The predicted octanol–water partition coefficient (Wildman–Crippen LogP) is 3.50. The number of benzene rings is 2. The van der Waals surface area contributed by atoms with E-state index in [4.69, 9.17) is 4.74 Å². The Morgan fingerprint density at radius 2 is 1.58 bits per heavy atom. The van der Waals surface area contributed by atoms with Gasteiger partial charge in [-0.15, -0.1) is 0 Å². The molecule has 0 amide bonds. The number of ether oxygens (including phenoxy) is 1. The Bertz CT molecular complexity index is 594. The number of carbonyl (C=O) groups excluding carboxylic acids is 1. The van der Waals surface area contributed by atoms with E-state index in [1.165, 1.54) is 24.3 Å². The number of halogens is 3. The molecule has 2 rings (SSSR count). The van der Waals surface area contributed by atoms with Crippen LogP contribution >= 0.6 is 0 Å². The first-order valence-corrected chi connectivity index (χ1v) is 5.41. The minimum Gasteiger partial charge on any atom is -0.489 e. The first-order valence-electron chi connectivity index (χ1n) is 5.41. The van der Waals surface area contributed by atoms with Gasteiger partial charge in [0, 0.05) is 17.2 Å². The summed E-state index contributed by atoms with van der Waals surface area (Å²) in [5, 5.41) is 0. The van der Waals surface area contributed by atoms with Crippen molar-refractivity contribution >= 4 is 6.29 Å². The van der Waals surface area contributed by atoms with Crippen LogP contribution in [0.15, 0.2) is 36.4 Å². The summed E-state index contributed by atoms with van der Waals surface area (Å²) in [6.07, 6.45) is 0.679. The molecule has 0 atom stereocenters. The van der Waals surface area contributed by atoms with Crippen molar-refractivity contribution in [2.24, 2.45) is 0 Å². The van der Waals surface area contributed by atoms with Gasteiger partial charge in [-0.2, -0.15) is 0 Å². The summed E-state index contributed by atoms with van der Waals surface area (Å²) in [6, 6.07) is 7.35. The molecule has 0 heterocycles. The minimum atomic E-state index is -1.24. The van der Waals surface area contributed by atoms with E-state index in [9.17, 15) is 18.0 Å². The van der Waals surface area contributed by atoms with Crippen LogP contribution in [0.4, 0.5) is 13.2 Å². The molecule has 0 N–H and O–H groups in total. The fourth-order valence-electron chi connectivity index (χ4n) is 1.48. The van der Waals surface area contributed by atoms with Gasteiger partial charge in [-0.05, 0) is 30.3 Å². The lowest BCUT2D eigenvalue weighted by Crippen LogP contribution is -2.01. The Balaban J connectivity index is 2.09. The van der Waals surface area contributed by atoms with Crippen LogP contribution in [0.5, 0.6) is 5.75 Å². The van der Waals surface area contributed by atoms with Crippen LogP contribution < -0.4 is 4.74 Å². The topological polar surface area (TPSA) is 26.3 Å². The zero-order valence-electron chi connectivity index (χ0n) is 9.70. The Morgan fingerprint density at radius 1 is 0.947 bits per heavy atom. The molecule has 0 spiro atoms. The van der Waals surface area contributed by atoms with Gasteiger partial charge >= 0.3 is 0 Å². The highest BCUT2D eigenvalue weighted by Crippen LogP contribution is 2.17. The summed E-state index contributed by atoms with van der Waals surface area (Å²) in [5.74, 6) is -2.84. The molecule has 0 radical (unpaired) electrons. The van der Waals surface area contributed by atoms with Crippen molar-refractivity contribution in [1.29, 1.82) is 0 Å². The smallest absolute Gasteiger partial charge is 0.161 e. The largest absolute Gasteiger partial charge is 0.489 e. The highest BCUT2D eigenvalue weighted by Gasteiger charge is 2.10. The molecule has 2 aromatic rings. The van der Waals surface area contributed by atoms with E-state index in [-0.39, 0.29) is 12.2 Å². The molecule has 0 aromatic heterocycles. The van der Waals surface area contributed by atoms with Crippen molar-refractivity contribution < 1.29 is 22.7 Å². The zero-order chi connectivity index (χ0) is 13.8. The molecule has 98 valence electrons. The Kier molecular flexibility index (Phi) is 3.85. The van der Waals surface area contributed by atoms with E-state index in [0.717, 1.165) is 6.07 Å². The number of hydrogen-bond donors (Lipinski definition) is 0. The van der Waals surface area contributed by atoms with Gasteiger partial charge < -0.3 is 4.74 Å². The SMILES string of the molecule is O=Cc1ccc(OCc2cc(F)c(F)cc2F)cc1. The maximum Gasteiger partial charge on any atom is 0.161 e. The molecule has 0 unspecified atom stereocenters. The average Bonchev–Trinajstić information content (AvgIpc) is 2.42. The first-order chi connectivity index (χ1) is 9.10. The van der Waals surface area contributed by atoms with Crippen LogP contribution in [0.3, 0.4) is 0 Å². The molecule has 5 heteroatoms. The maximum atomic E-state index is 13.3. The third-order valence-electron chi connectivity index (χ3n) is 2.50. The van der Waals surface area contributed by atoms with Gasteiger partial charge in [0.05, 0.1) is 0 Å². The molecule has 2 aromatic carbocycles. The van der Waals surface area contributed by atoms with E-state index in [1.807, 2.05) is 0 Å². The Labute approximate surface area is 107 Å². The normalized spacial score (nSPS) is 10.3. The van der Waals surface area contributed by atoms with Gasteiger partial charge in [-0.1, -0.05) is 0 Å². The Morgan fingerprint density at radius 3 is 2.21 bits per heavy atom. The molecular weight excluding hydrogens is 257 g/mol. The van der Waals surface area contributed by atoms with Crippen molar-refractivity contribution in [2.45, 2.75) is 6.61 Å². The van der Waals surface area contributed by atoms with Gasteiger partial charge in [0.1, 0.15) is 24.5 Å². The molecule has 0 aliphatic heterocycles. The van der Waals surface area contributed by atoms with Gasteiger partial charge in [0.15, 0.2) is 11.6 Å². The number of carbonyl (C=O) groups is 1. The van der Waals surface area contributed by atoms with Gasteiger partial charge in [0.25, 0.3) is 0 Å². The first kappa shape index (κ1) is 13.1. The zero-order valence-corrected chi connectivity index (χ0v) is 9.70. The average molecular weight is 266 g/mol. The number of aldehydes is 1. The molecule has 0 saturated carbocycles. The van der Waals surface area contributed by atoms with Crippen LogP contribution in [0.2, 0.25) is 0 Å². The third-order valence-corrected chi connectivity index (χ3v) is 2.50. The summed E-state index contributed by atoms with van der Waals surface area (Å²) >= 11 is 0. The van der Waals surface area contributed by atoms with Gasteiger partial charge in [-0.3, -0.25) is 4.79 Å². The fourth-order valence-corrected chi connectivity index (χ4v) is 1.48. The van der Waals surface area contributed by atoms with Crippen molar-refractivity contribution in [2.75, 3.05) is 0 Å². The number of rotatable bonds is 4. The van der Waals surface area contributed by atoms with Crippen LogP contribution in [0.25, 0.3) is 0 Å². The Hall–Kier alpha value is -2.30. The lowest BCUT2D eigenvalue weighted by atomic mass is 10.2. The standard InChI is InChI=1S/C14H9F3O2/c15-12-6-14(17)13(16)5-10(12)8-19-11-3-1-9(7-18)2-4-11/h1-7H,8H2. The van der Waals surface area contributed by atoms with Crippen LogP contribution in [-0.2, 0) is 6.61 Å². The predicted molar refractivity (Wildman–Crippen MR) is 62.5 cm³/mol. The van der Waals surface area contributed by atoms with E-state index in [0.29, 0.717) is 23.7 Å². The van der Waals surface area contributed by atoms with E-state index in [2.05, 4.69) is 0 Å². The third kappa shape index (κ3) is 3.13. The summed E-state index contributed by atoms with van der Waals surface area (Å²) < 4.78 is 44.2. The monoisotopic (exact) mass is 266 g/mol. The summed E-state index contributed by atoms with van der Waals surface area (Å²) in [6.45, 7) is -0.233. The molecule has 19 heavy (non-hydrogen) atoms. The molecule has 2 nitrogen and oxygen atoms in total. The second kappa shape index (κ2) is 5.56. The molecular formula is C14H9F3O2. The second-order valence-corrected chi connectivity index (χ2v) is 3.83. The minimum absolute atomic E-state index is 0.0848. The second-order valence-electron chi connectivity index (χ2n) is 3.83. The van der Waals surface area contributed by atoms with Crippen molar-refractivity contribution in [3.05, 3.63) is 65.0 Å². The van der Waals surface area contributed by atoms with Gasteiger partial charge in [0.2, 0.25) is 0 Å².